The largest absolute Gasteiger partial charge is 0.317 e. The highest BCUT2D eigenvalue weighted by atomic mass is 14.8. The number of hydrogen-bond donors (Lipinski definition) is 1. The third-order valence-electron chi connectivity index (χ3n) is 3.06. The predicted molar refractivity (Wildman–Crippen MR) is 74.7 cm³/mol. The van der Waals surface area contributed by atoms with Gasteiger partial charge in [-0.25, -0.2) is 0 Å². The van der Waals surface area contributed by atoms with Crippen LogP contribution in [0.4, 0.5) is 0 Å². The van der Waals surface area contributed by atoms with Crippen molar-refractivity contribution >= 4 is 0 Å². The number of hydrogen-bond acceptors (Lipinski definition) is 1. The Bertz CT molecular complexity index is 98.0. The average molecular weight is 226 g/mol. The van der Waals surface area contributed by atoms with Crippen LogP contribution in [-0.2, 0) is 0 Å². The summed E-state index contributed by atoms with van der Waals surface area (Å²) in [5.41, 5.74) is 0. The maximum absolute atomic E-state index is 3.81. The van der Waals surface area contributed by atoms with Crippen LogP contribution in [0.3, 0.4) is 0 Å². The number of unbranched alkanes of at least 4 members (excludes halogenated alkanes) is 9. The maximum atomic E-state index is 3.81. The van der Waals surface area contributed by atoms with Crippen LogP contribution < -0.4 is 5.32 Å². The summed E-state index contributed by atoms with van der Waals surface area (Å²) in [4.78, 5) is 0. The van der Waals surface area contributed by atoms with Crippen molar-refractivity contribution < 1.29 is 0 Å². The lowest BCUT2D eigenvalue weighted by molar-refractivity contribution is 0.544. The van der Waals surface area contributed by atoms with Gasteiger partial charge >= 0.3 is 0 Å². The fourth-order valence-electron chi connectivity index (χ4n) is 1.99. The summed E-state index contributed by atoms with van der Waals surface area (Å²) in [5, 5.41) is 3.40. The van der Waals surface area contributed by atoms with Gasteiger partial charge in [0.2, 0.25) is 0 Å². The lowest BCUT2D eigenvalue weighted by Gasteiger charge is -2.03. The fourth-order valence-corrected chi connectivity index (χ4v) is 1.99. The van der Waals surface area contributed by atoms with Crippen molar-refractivity contribution in [3.8, 4) is 0 Å². The molecule has 0 aromatic heterocycles. The highest BCUT2D eigenvalue weighted by Gasteiger charge is 1.92. The molecular formula is C15H32N. The molecule has 0 aromatic carbocycles. The van der Waals surface area contributed by atoms with E-state index in [1.54, 1.807) is 0 Å². The third kappa shape index (κ3) is 14.0. The molecule has 1 radical (unpaired) electrons. The van der Waals surface area contributed by atoms with Gasteiger partial charge in [0.25, 0.3) is 0 Å². The fraction of sp³-hybridized carbons (Fsp3) is 0.933. The molecule has 1 N–H and O–H groups in total. The van der Waals surface area contributed by atoms with Crippen molar-refractivity contribution in [1.82, 2.24) is 5.32 Å². The van der Waals surface area contributed by atoms with Gasteiger partial charge in [-0.05, 0) is 25.9 Å². The van der Waals surface area contributed by atoms with Gasteiger partial charge in [0.15, 0.2) is 0 Å². The van der Waals surface area contributed by atoms with E-state index in [1.165, 1.54) is 70.8 Å². The first kappa shape index (κ1) is 16.0. The number of nitrogens with one attached hydrogen (secondary N) is 1. The molecule has 0 aliphatic rings. The van der Waals surface area contributed by atoms with E-state index in [9.17, 15) is 0 Å². The van der Waals surface area contributed by atoms with Gasteiger partial charge in [-0.2, -0.15) is 0 Å². The van der Waals surface area contributed by atoms with E-state index in [-0.39, 0.29) is 0 Å². The van der Waals surface area contributed by atoms with E-state index in [0.29, 0.717) is 0 Å². The van der Waals surface area contributed by atoms with Crippen LogP contribution >= 0.6 is 0 Å². The molecule has 1 heteroatoms. The Kier molecular flexibility index (Phi) is 14.9. The molecule has 97 valence electrons. The summed E-state index contributed by atoms with van der Waals surface area (Å²) in [6.07, 6.45) is 15.2. The van der Waals surface area contributed by atoms with Gasteiger partial charge in [0, 0.05) is 0 Å². The van der Waals surface area contributed by atoms with Crippen LogP contribution in [0.2, 0.25) is 0 Å². The van der Waals surface area contributed by atoms with E-state index in [4.69, 9.17) is 0 Å². The van der Waals surface area contributed by atoms with Gasteiger partial charge in [-0.1, -0.05) is 71.6 Å². The highest BCUT2D eigenvalue weighted by molar-refractivity contribution is 4.51. The van der Waals surface area contributed by atoms with Crippen molar-refractivity contribution in [2.24, 2.45) is 0 Å². The topological polar surface area (TPSA) is 12.0 Å². The molecule has 0 saturated carbocycles. The molecule has 0 aliphatic heterocycles. The van der Waals surface area contributed by atoms with Crippen molar-refractivity contribution in [2.45, 2.75) is 77.6 Å². The standard InChI is InChI=1S/C15H32N/c1-3-5-6-7-8-9-10-11-12-13-15-16-14-4-2/h16H,2-15H2,1H3. The van der Waals surface area contributed by atoms with Crippen LogP contribution in [-0.4, -0.2) is 13.1 Å². The molecule has 0 saturated heterocycles. The SMILES string of the molecule is [CH2]CCNCCCCCCCCCCCC. The first-order valence-corrected chi connectivity index (χ1v) is 7.41. The average Bonchev–Trinajstić information content (AvgIpc) is 2.31. The minimum atomic E-state index is 1.01. The molecule has 16 heavy (non-hydrogen) atoms. The summed E-state index contributed by atoms with van der Waals surface area (Å²) < 4.78 is 0. The van der Waals surface area contributed by atoms with E-state index in [0.717, 1.165) is 13.0 Å². The Morgan fingerprint density at radius 3 is 1.69 bits per heavy atom. The lowest BCUT2D eigenvalue weighted by atomic mass is 10.1. The Labute approximate surface area is 103 Å². The zero-order valence-electron chi connectivity index (χ0n) is 11.4. The molecule has 1 nitrogen and oxygen atoms in total. The maximum Gasteiger partial charge on any atom is -0.00489 e. The Morgan fingerprint density at radius 1 is 0.688 bits per heavy atom. The van der Waals surface area contributed by atoms with Gasteiger partial charge < -0.3 is 5.32 Å². The molecule has 0 rings (SSSR count). The zero-order chi connectivity index (χ0) is 11.9. The Hall–Kier alpha value is -0.0400. The van der Waals surface area contributed by atoms with Gasteiger partial charge in [0.1, 0.15) is 0 Å². The van der Waals surface area contributed by atoms with Gasteiger partial charge in [-0.3, -0.25) is 0 Å². The first-order chi connectivity index (χ1) is 7.91. The molecule has 0 bridgehead atoms. The Balaban J connectivity index is 2.83. The monoisotopic (exact) mass is 226 g/mol. The minimum Gasteiger partial charge on any atom is -0.317 e. The lowest BCUT2D eigenvalue weighted by Crippen LogP contribution is -2.15. The predicted octanol–water partition coefficient (Wildman–Crippen LogP) is 4.72. The van der Waals surface area contributed by atoms with E-state index in [2.05, 4.69) is 19.2 Å². The normalized spacial score (nSPS) is 10.9. The molecule has 0 spiro atoms. The van der Waals surface area contributed by atoms with Crippen molar-refractivity contribution in [3.63, 3.8) is 0 Å². The minimum absolute atomic E-state index is 1.01. The molecule has 0 atom stereocenters. The molecule has 0 fully saturated rings. The quantitative estimate of drug-likeness (QED) is 0.448. The van der Waals surface area contributed by atoms with Crippen LogP contribution in [0.1, 0.15) is 77.6 Å². The van der Waals surface area contributed by atoms with Crippen molar-refractivity contribution in [2.75, 3.05) is 13.1 Å². The summed E-state index contributed by atoms with van der Waals surface area (Å²) in [7, 11) is 0. The van der Waals surface area contributed by atoms with E-state index >= 15 is 0 Å². The van der Waals surface area contributed by atoms with Crippen LogP contribution in [0, 0.1) is 6.92 Å². The zero-order valence-corrected chi connectivity index (χ0v) is 11.4. The summed E-state index contributed by atoms with van der Waals surface area (Å²) in [5.74, 6) is 0. The van der Waals surface area contributed by atoms with Crippen LogP contribution in [0.15, 0.2) is 0 Å². The second-order valence-corrected chi connectivity index (χ2v) is 4.79. The van der Waals surface area contributed by atoms with Crippen molar-refractivity contribution in [1.29, 1.82) is 0 Å². The van der Waals surface area contributed by atoms with E-state index < -0.39 is 0 Å². The molecule has 0 aromatic rings. The highest BCUT2D eigenvalue weighted by Crippen LogP contribution is 2.10. The van der Waals surface area contributed by atoms with Crippen LogP contribution in [0.5, 0.6) is 0 Å². The Morgan fingerprint density at radius 2 is 1.19 bits per heavy atom. The first-order valence-electron chi connectivity index (χ1n) is 7.41. The molecule has 0 heterocycles. The summed E-state index contributed by atoms with van der Waals surface area (Å²) >= 11 is 0. The number of rotatable bonds is 13. The second kappa shape index (κ2) is 15.0. The summed E-state index contributed by atoms with van der Waals surface area (Å²) in [6.45, 7) is 8.36. The third-order valence-corrected chi connectivity index (χ3v) is 3.06. The van der Waals surface area contributed by atoms with Crippen molar-refractivity contribution in [3.05, 3.63) is 6.92 Å². The van der Waals surface area contributed by atoms with Gasteiger partial charge in [0.05, 0.1) is 0 Å². The van der Waals surface area contributed by atoms with E-state index in [1.807, 2.05) is 0 Å². The molecule has 0 unspecified atom stereocenters. The molecule has 0 aliphatic carbocycles. The van der Waals surface area contributed by atoms with Crippen LogP contribution in [0.25, 0.3) is 0 Å². The smallest absolute Gasteiger partial charge is 0.00489 e. The van der Waals surface area contributed by atoms with Gasteiger partial charge in [-0.15, -0.1) is 0 Å². The molecule has 0 amide bonds. The summed E-state index contributed by atoms with van der Waals surface area (Å²) in [6, 6.07) is 0. The molecular weight excluding hydrogens is 194 g/mol. The second-order valence-electron chi connectivity index (χ2n) is 4.79.